The van der Waals surface area contributed by atoms with E-state index in [1.807, 2.05) is 37.3 Å². The van der Waals surface area contributed by atoms with E-state index in [2.05, 4.69) is 10.6 Å². The van der Waals surface area contributed by atoms with E-state index in [0.29, 0.717) is 11.1 Å². The zero-order valence-corrected chi connectivity index (χ0v) is 22.3. The molecule has 1 unspecified atom stereocenters. The van der Waals surface area contributed by atoms with Crippen molar-refractivity contribution in [2.24, 2.45) is 0 Å². The largest absolute Gasteiger partial charge is 0.352 e. The van der Waals surface area contributed by atoms with Gasteiger partial charge in [-0.1, -0.05) is 71.2 Å². The summed E-state index contributed by atoms with van der Waals surface area (Å²) in [5.41, 5.74) is 3.19. The molecule has 3 aromatic carbocycles. The highest BCUT2D eigenvalue weighted by molar-refractivity contribution is 7.93. The minimum Gasteiger partial charge on any atom is -0.352 e. The summed E-state index contributed by atoms with van der Waals surface area (Å²) in [5, 5.41) is 5.73. The fraction of sp³-hybridized carbons (Fsp3) is 0.231. The van der Waals surface area contributed by atoms with Crippen LogP contribution in [0.1, 0.15) is 28.7 Å². The number of nitrogens with one attached hydrogen (secondary N) is 2. The third-order valence-electron chi connectivity index (χ3n) is 5.95. The van der Waals surface area contributed by atoms with Crippen LogP contribution in [0, 0.1) is 20.8 Å². The lowest BCUT2D eigenvalue weighted by Crippen LogP contribution is -2.53. The van der Waals surface area contributed by atoms with Crippen molar-refractivity contribution in [1.82, 2.24) is 5.32 Å². The second kappa shape index (κ2) is 10.1. The number of amides is 2. The van der Waals surface area contributed by atoms with Crippen molar-refractivity contribution < 1.29 is 18.0 Å². The van der Waals surface area contributed by atoms with Crippen LogP contribution in [-0.2, 0) is 26.2 Å². The number of anilines is 2. The molecule has 2 N–H and O–H groups in total. The number of sulfonamides is 1. The van der Waals surface area contributed by atoms with Crippen LogP contribution >= 0.6 is 23.2 Å². The van der Waals surface area contributed by atoms with Gasteiger partial charge in [-0.25, -0.2) is 8.42 Å². The van der Waals surface area contributed by atoms with Crippen molar-refractivity contribution >= 4 is 56.4 Å². The summed E-state index contributed by atoms with van der Waals surface area (Å²) in [6.45, 7) is 5.53. The van der Waals surface area contributed by atoms with E-state index in [1.165, 1.54) is 12.1 Å². The van der Waals surface area contributed by atoms with E-state index < -0.39 is 27.9 Å². The van der Waals surface area contributed by atoms with Gasteiger partial charge >= 0.3 is 0 Å². The Morgan fingerprint density at radius 2 is 1.61 bits per heavy atom. The maximum atomic E-state index is 14.2. The number of hydrogen-bond donors (Lipinski definition) is 2. The van der Waals surface area contributed by atoms with Crippen LogP contribution in [0.25, 0.3) is 0 Å². The van der Waals surface area contributed by atoms with Crippen LogP contribution in [-0.4, -0.2) is 26.3 Å². The first-order valence-corrected chi connectivity index (χ1v) is 13.4. The van der Waals surface area contributed by atoms with Gasteiger partial charge in [0.15, 0.2) is 0 Å². The molecule has 3 aromatic rings. The van der Waals surface area contributed by atoms with Gasteiger partial charge in [0.2, 0.25) is 11.8 Å². The number of nitrogens with zero attached hydrogens (tertiary/aromatic N) is 1. The molecule has 1 atom stereocenters. The number of carbonyl (C=O) groups is 2. The van der Waals surface area contributed by atoms with Gasteiger partial charge in [-0.15, -0.1) is 0 Å². The molecule has 0 bridgehead atoms. The van der Waals surface area contributed by atoms with E-state index in [0.717, 1.165) is 15.4 Å². The van der Waals surface area contributed by atoms with Crippen LogP contribution in [0.3, 0.4) is 0 Å². The van der Waals surface area contributed by atoms with Crippen molar-refractivity contribution in [2.45, 2.75) is 44.7 Å². The Hall–Kier alpha value is -3.07. The van der Waals surface area contributed by atoms with E-state index in [1.54, 1.807) is 26.0 Å². The van der Waals surface area contributed by atoms with Crippen molar-refractivity contribution in [3.8, 4) is 0 Å². The summed E-state index contributed by atoms with van der Waals surface area (Å²) in [4.78, 5) is 26.2. The monoisotopic (exact) mass is 545 g/mol. The summed E-state index contributed by atoms with van der Waals surface area (Å²) in [7, 11) is -4.29. The Morgan fingerprint density at radius 1 is 1.00 bits per heavy atom. The first-order chi connectivity index (χ1) is 17.0. The van der Waals surface area contributed by atoms with Crippen molar-refractivity contribution in [3.05, 3.63) is 86.9 Å². The van der Waals surface area contributed by atoms with Crippen molar-refractivity contribution in [3.63, 3.8) is 0 Å². The zero-order valence-electron chi connectivity index (χ0n) is 19.9. The summed E-state index contributed by atoms with van der Waals surface area (Å²) in [5.74, 6) is -1.11. The highest BCUT2D eigenvalue weighted by Crippen LogP contribution is 2.42. The smallest absolute Gasteiger partial charge is 0.265 e. The van der Waals surface area contributed by atoms with Gasteiger partial charge in [-0.2, -0.15) is 0 Å². The molecule has 1 heterocycles. The van der Waals surface area contributed by atoms with Crippen LogP contribution in [0.5, 0.6) is 0 Å². The fourth-order valence-corrected chi connectivity index (χ4v) is 6.86. The van der Waals surface area contributed by atoms with E-state index in [-0.39, 0.29) is 39.3 Å². The molecular weight excluding hydrogens is 521 g/mol. The molecule has 1 aliphatic heterocycles. The summed E-state index contributed by atoms with van der Waals surface area (Å²) < 4.78 is 29.3. The molecule has 0 saturated carbocycles. The molecule has 0 fully saturated rings. The predicted molar refractivity (Wildman–Crippen MR) is 142 cm³/mol. The molecule has 2 amide bonds. The van der Waals surface area contributed by atoms with Crippen LogP contribution < -0.4 is 14.9 Å². The first-order valence-electron chi connectivity index (χ1n) is 11.2. The molecule has 0 spiro atoms. The van der Waals surface area contributed by atoms with Crippen LogP contribution in [0.2, 0.25) is 10.0 Å². The molecule has 0 aliphatic carbocycles. The van der Waals surface area contributed by atoms with Gasteiger partial charge in [-0.05, 0) is 49.6 Å². The summed E-state index contributed by atoms with van der Waals surface area (Å²) in [6.07, 6.45) is -0.387. The Bertz CT molecular complexity index is 1440. The quantitative estimate of drug-likeness (QED) is 0.448. The molecule has 7 nitrogen and oxygen atoms in total. The molecule has 36 heavy (non-hydrogen) atoms. The Labute approximate surface area is 220 Å². The molecule has 10 heteroatoms. The van der Waals surface area contributed by atoms with Gasteiger partial charge in [0.05, 0.1) is 32.7 Å². The number of aryl methyl sites for hydroxylation is 3. The minimum absolute atomic E-state index is 0.0783. The molecule has 1 aliphatic rings. The van der Waals surface area contributed by atoms with Gasteiger partial charge < -0.3 is 10.6 Å². The highest BCUT2D eigenvalue weighted by atomic mass is 35.5. The molecular formula is C26H25Cl2N3O4S. The van der Waals surface area contributed by atoms with E-state index >= 15 is 0 Å². The number of fused-ring (bicyclic) bond motifs is 1. The third-order valence-corrected chi connectivity index (χ3v) is 8.80. The predicted octanol–water partition coefficient (Wildman–Crippen LogP) is 5.14. The Balaban J connectivity index is 1.77. The van der Waals surface area contributed by atoms with Gasteiger partial charge in [-0.3, -0.25) is 13.9 Å². The van der Waals surface area contributed by atoms with Crippen molar-refractivity contribution in [2.75, 3.05) is 9.62 Å². The van der Waals surface area contributed by atoms with Gasteiger partial charge in [0.1, 0.15) is 6.04 Å². The van der Waals surface area contributed by atoms with Crippen LogP contribution in [0.15, 0.2) is 59.5 Å². The summed E-state index contributed by atoms with van der Waals surface area (Å²) >= 11 is 12.4. The maximum Gasteiger partial charge on any atom is 0.265 e. The normalized spacial score (nSPS) is 15.3. The number of rotatable bonds is 6. The highest BCUT2D eigenvalue weighted by Gasteiger charge is 2.43. The van der Waals surface area contributed by atoms with Crippen molar-refractivity contribution in [1.29, 1.82) is 0 Å². The van der Waals surface area contributed by atoms with Gasteiger partial charge in [0, 0.05) is 6.54 Å². The lowest BCUT2D eigenvalue weighted by Gasteiger charge is -2.37. The topological polar surface area (TPSA) is 95.6 Å². The standard InChI is InChI=1S/C26H25Cl2N3O4S/c1-15-9-16(2)25(17(3)10-15)36(34,35)31-22-12-20(28)19(27)11-21(22)30-26(33)23(31)13-24(32)29-14-18-7-5-4-6-8-18/h4-12,23H,13-14H2,1-3H3,(H,29,32)(H,30,33). The fourth-order valence-electron chi connectivity index (χ4n) is 4.50. The second-order valence-corrected chi connectivity index (χ2v) is 11.3. The number of halogens is 2. The first kappa shape index (κ1) is 26.0. The Morgan fingerprint density at radius 3 is 2.25 bits per heavy atom. The molecule has 4 rings (SSSR count). The third kappa shape index (κ3) is 5.07. The minimum atomic E-state index is -4.29. The SMILES string of the molecule is Cc1cc(C)c(S(=O)(=O)N2c3cc(Cl)c(Cl)cc3NC(=O)C2CC(=O)NCc2ccccc2)c(C)c1. The lowest BCUT2D eigenvalue weighted by molar-refractivity contribution is -0.125. The number of benzene rings is 3. The molecule has 0 aromatic heterocycles. The van der Waals surface area contributed by atoms with Gasteiger partial charge in [0.25, 0.3) is 10.0 Å². The Kier molecular flexibility index (Phi) is 7.31. The summed E-state index contributed by atoms with van der Waals surface area (Å²) in [6, 6.07) is 14.3. The lowest BCUT2D eigenvalue weighted by atomic mass is 10.1. The maximum absolute atomic E-state index is 14.2. The molecule has 188 valence electrons. The van der Waals surface area contributed by atoms with E-state index in [4.69, 9.17) is 23.2 Å². The molecule has 0 radical (unpaired) electrons. The average molecular weight is 546 g/mol. The molecule has 0 saturated heterocycles. The van der Waals surface area contributed by atoms with E-state index in [9.17, 15) is 18.0 Å². The number of hydrogen-bond acceptors (Lipinski definition) is 4. The zero-order chi connectivity index (χ0) is 26.2. The van der Waals surface area contributed by atoms with Crippen LogP contribution in [0.4, 0.5) is 11.4 Å². The number of carbonyl (C=O) groups excluding carboxylic acids is 2. The second-order valence-electron chi connectivity index (χ2n) is 8.78. The average Bonchev–Trinajstić information content (AvgIpc) is 2.79.